The van der Waals surface area contributed by atoms with Gasteiger partial charge in [0, 0.05) is 0 Å². The molecule has 0 fully saturated rings. The summed E-state index contributed by atoms with van der Waals surface area (Å²) in [5, 5.41) is 8.44. The summed E-state index contributed by atoms with van der Waals surface area (Å²) in [6, 6.07) is 9.56. The van der Waals surface area contributed by atoms with E-state index in [1.807, 2.05) is 0 Å². The summed E-state index contributed by atoms with van der Waals surface area (Å²) in [6.45, 7) is 0.323. The molecule has 0 aromatic carbocycles. The number of furan rings is 3. The molecule has 0 spiro atoms. The molecule has 0 radical (unpaired) electrons. The number of ether oxygens (including phenoxy) is 1. The lowest BCUT2D eigenvalue weighted by atomic mass is 10.4. The maximum Gasteiger partial charge on any atom is 0.185 e. The van der Waals surface area contributed by atoms with E-state index in [4.69, 9.17) is 23.1 Å². The van der Waals surface area contributed by atoms with E-state index < -0.39 is 0 Å². The highest BCUT2D eigenvalue weighted by molar-refractivity contribution is 5.71. The molecular formula is C19H19FO8. The Hall–Kier alpha value is -3.30. The van der Waals surface area contributed by atoms with Gasteiger partial charge in [-0.15, -0.1) is 0 Å². The molecule has 0 aliphatic heterocycles. The van der Waals surface area contributed by atoms with Gasteiger partial charge in [-0.05, 0) is 36.4 Å². The standard InChI is InChI=1S/C12H10O5.C6H6O3.CH3F/c13-5-9-1-3-11(16-9)7-15-8-12-4-2-10(6-14)17-12;7-3-5-1-2-6(4-8)9-5;1-2/h1-6H,7-8H2;1-3,8H,4H2;1H3. The first kappa shape index (κ1) is 22.7. The zero-order chi connectivity index (χ0) is 20.8. The largest absolute Gasteiger partial charge is 0.456 e. The molecule has 0 atom stereocenters. The van der Waals surface area contributed by atoms with E-state index in [1.54, 1.807) is 30.3 Å². The van der Waals surface area contributed by atoms with Crippen molar-refractivity contribution in [1.29, 1.82) is 0 Å². The van der Waals surface area contributed by atoms with E-state index in [-0.39, 0.29) is 37.1 Å². The Morgan fingerprint density at radius 1 is 0.750 bits per heavy atom. The van der Waals surface area contributed by atoms with Crippen molar-refractivity contribution < 1.29 is 41.9 Å². The highest BCUT2D eigenvalue weighted by atomic mass is 19.1. The lowest BCUT2D eigenvalue weighted by Crippen LogP contribution is -1.91. The molecule has 0 amide bonds. The van der Waals surface area contributed by atoms with Gasteiger partial charge in [0.1, 0.15) is 37.1 Å². The molecule has 0 saturated carbocycles. The minimum absolute atomic E-state index is 0.159. The van der Waals surface area contributed by atoms with Crippen LogP contribution in [0, 0.1) is 0 Å². The molecule has 0 aliphatic carbocycles. The number of rotatable bonds is 8. The zero-order valence-corrected chi connectivity index (χ0v) is 15.0. The molecule has 0 aliphatic rings. The van der Waals surface area contributed by atoms with Crippen molar-refractivity contribution in [3.05, 3.63) is 71.0 Å². The van der Waals surface area contributed by atoms with Crippen LogP contribution in [0.1, 0.15) is 48.9 Å². The average molecular weight is 394 g/mol. The minimum Gasteiger partial charge on any atom is -0.456 e. The highest BCUT2D eigenvalue weighted by Gasteiger charge is 2.04. The maximum atomic E-state index is 10.4. The van der Waals surface area contributed by atoms with Crippen LogP contribution in [-0.4, -0.2) is 31.1 Å². The lowest BCUT2D eigenvalue weighted by Gasteiger charge is -1.98. The van der Waals surface area contributed by atoms with Gasteiger partial charge in [-0.2, -0.15) is 0 Å². The summed E-state index contributed by atoms with van der Waals surface area (Å²) in [5.74, 6) is 2.33. The Bertz CT molecular complexity index is 799. The van der Waals surface area contributed by atoms with E-state index in [2.05, 4.69) is 0 Å². The second kappa shape index (κ2) is 13.0. The van der Waals surface area contributed by atoms with Crippen molar-refractivity contribution in [2.75, 3.05) is 7.18 Å². The van der Waals surface area contributed by atoms with E-state index in [9.17, 15) is 18.8 Å². The molecule has 150 valence electrons. The second-order valence-corrected chi connectivity index (χ2v) is 4.92. The van der Waals surface area contributed by atoms with E-state index in [1.165, 1.54) is 6.07 Å². The van der Waals surface area contributed by atoms with Crippen molar-refractivity contribution in [2.24, 2.45) is 0 Å². The molecule has 0 bridgehead atoms. The van der Waals surface area contributed by atoms with Gasteiger partial charge in [0.15, 0.2) is 36.1 Å². The molecule has 0 saturated heterocycles. The van der Waals surface area contributed by atoms with Gasteiger partial charge in [0.2, 0.25) is 0 Å². The van der Waals surface area contributed by atoms with Gasteiger partial charge in [-0.3, -0.25) is 18.8 Å². The Morgan fingerprint density at radius 3 is 1.39 bits per heavy atom. The third-order valence-corrected chi connectivity index (χ3v) is 3.04. The summed E-state index contributed by atoms with van der Waals surface area (Å²) < 4.78 is 29.8. The van der Waals surface area contributed by atoms with E-state index in [0.29, 0.717) is 43.3 Å². The molecule has 0 unspecified atom stereocenters. The zero-order valence-electron chi connectivity index (χ0n) is 15.0. The second-order valence-electron chi connectivity index (χ2n) is 4.92. The Balaban J connectivity index is 0.000000301. The van der Waals surface area contributed by atoms with Crippen LogP contribution in [-0.2, 0) is 24.6 Å². The molecule has 9 heteroatoms. The number of carbonyl (C=O) groups is 3. The monoisotopic (exact) mass is 394 g/mol. The van der Waals surface area contributed by atoms with Crippen LogP contribution < -0.4 is 0 Å². The third-order valence-electron chi connectivity index (χ3n) is 3.04. The van der Waals surface area contributed by atoms with E-state index in [0.717, 1.165) is 0 Å². The minimum atomic E-state index is -0.159. The predicted molar refractivity (Wildman–Crippen MR) is 93.7 cm³/mol. The molecule has 3 aromatic heterocycles. The molecule has 28 heavy (non-hydrogen) atoms. The summed E-state index contributed by atoms with van der Waals surface area (Å²) in [5.41, 5.74) is 0. The molecule has 1 N–H and O–H groups in total. The van der Waals surface area contributed by atoms with Crippen LogP contribution in [0.5, 0.6) is 0 Å². The number of aldehydes is 3. The smallest absolute Gasteiger partial charge is 0.185 e. The van der Waals surface area contributed by atoms with Crippen LogP contribution in [0.3, 0.4) is 0 Å². The number of halogens is 1. The molecule has 3 heterocycles. The maximum absolute atomic E-state index is 10.4. The SMILES string of the molecule is CF.O=Cc1ccc(CO)o1.O=Cc1ccc(COCc2ccc(C=O)o2)o1. The normalized spacial score (nSPS) is 9.54. The summed E-state index contributed by atoms with van der Waals surface area (Å²) >= 11 is 0. The van der Waals surface area contributed by atoms with Crippen LogP contribution in [0.25, 0.3) is 0 Å². The topological polar surface area (TPSA) is 120 Å². The fourth-order valence-electron chi connectivity index (χ4n) is 1.87. The van der Waals surface area contributed by atoms with Gasteiger partial charge in [-0.1, -0.05) is 0 Å². The van der Waals surface area contributed by atoms with Crippen molar-refractivity contribution in [3.8, 4) is 0 Å². The van der Waals surface area contributed by atoms with Crippen LogP contribution in [0.15, 0.2) is 49.6 Å². The van der Waals surface area contributed by atoms with Crippen molar-refractivity contribution >= 4 is 18.9 Å². The number of hydrogen-bond acceptors (Lipinski definition) is 8. The molecule has 3 aromatic rings. The van der Waals surface area contributed by atoms with Gasteiger partial charge in [-0.25, -0.2) is 0 Å². The number of alkyl halides is 1. The van der Waals surface area contributed by atoms with Gasteiger partial charge >= 0.3 is 0 Å². The fourth-order valence-corrected chi connectivity index (χ4v) is 1.87. The first-order valence-corrected chi connectivity index (χ1v) is 7.86. The van der Waals surface area contributed by atoms with Gasteiger partial charge in [0.25, 0.3) is 0 Å². The van der Waals surface area contributed by atoms with E-state index >= 15 is 0 Å². The average Bonchev–Trinajstić information content (AvgIpc) is 3.50. The Labute approximate surface area is 159 Å². The number of hydrogen-bond donors (Lipinski definition) is 1. The molecule has 3 rings (SSSR count). The molecular weight excluding hydrogens is 375 g/mol. The summed E-state index contributed by atoms with van der Waals surface area (Å²) in [7, 11) is 0.500. The lowest BCUT2D eigenvalue weighted by molar-refractivity contribution is 0.0780. The first-order chi connectivity index (χ1) is 13.7. The molecule has 8 nitrogen and oxygen atoms in total. The summed E-state index contributed by atoms with van der Waals surface area (Å²) in [4.78, 5) is 30.7. The van der Waals surface area contributed by atoms with Gasteiger partial charge in [0.05, 0.1) is 7.18 Å². The van der Waals surface area contributed by atoms with Crippen molar-refractivity contribution in [2.45, 2.75) is 19.8 Å². The summed E-state index contributed by atoms with van der Waals surface area (Å²) in [6.07, 6.45) is 1.86. The quantitative estimate of drug-likeness (QED) is 0.577. The van der Waals surface area contributed by atoms with Crippen LogP contribution in [0.4, 0.5) is 4.39 Å². The first-order valence-electron chi connectivity index (χ1n) is 7.86. The van der Waals surface area contributed by atoms with Crippen LogP contribution >= 0.6 is 0 Å². The Kier molecular flexibility index (Phi) is 10.5. The number of carbonyl (C=O) groups excluding carboxylic acids is 3. The van der Waals surface area contributed by atoms with Crippen molar-refractivity contribution in [3.63, 3.8) is 0 Å². The predicted octanol–water partition coefficient (Wildman–Crippen LogP) is 3.38. The third kappa shape index (κ3) is 7.52. The van der Waals surface area contributed by atoms with Gasteiger partial charge < -0.3 is 23.1 Å². The number of aliphatic hydroxyl groups excluding tert-OH is 1. The highest BCUT2D eigenvalue weighted by Crippen LogP contribution is 2.11. The number of aliphatic hydroxyl groups is 1. The Morgan fingerprint density at radius 2 is 1.11 bits per heavy atom. The van der Waals surface area contributed by atoms with Crippen molar-refractivity contribution in [1.82, 2.24) is 0 Å². The van der Waals surface area contributed by atoms with Crippen LogP contribution in [0.2, 0.25) is 0 Å². The fraction of sp³-hybridized carbons (Fsp3) is 0.211.